The molecule has 0 N–H and O–H groups in total. The average molecular weight is 204 g/mol. The zero-order valence-electron chi connectivity index (χ0n) is 8.93. The van der Waals surface area contributed by atoms with Crippen molar-refractivity contribution in [1.82, 2.24) is 14.6 Å². The summed E-state index contributed by atoms with van der Waals surface area (Å²) >= 11 is 0. The number of amides is 1. The Balaban J connectivity index is 2.68. The Hall–Kier alpha value is -1.91. The summed E-state index contributed by atoms with van der Waals surface area (Å²) in [6, 6.07) is 0. The summed E-state index contributed by atoms with van der Waals surface area (Å²) in [7, 11) is 1.66. The van der Waals surface area contributed by atoms with Crippen LogP contribution in [-0.2, 0) is 4.79 Å². The molecule has 0 aliphatic heterocycles. The molecule has 0 saturated carbocycles. The zero-order chi connectivity index (χ0) is 11.0. The summed E-state index contributed by atoms with van der Waals surface area (Å²) in [6.45, 7) is 3.90. The van der Waals surface area contributed by atoms with Gasteiger partial charge in [-0.3, -0.25) is 4.79 Å². The van der Waals surface area contributed by atoms with E-state index in [-0.39, 0.29) is 0 Å². The van der Waals surface area contributed by atoms with Gasteiger partial charge in [0.25, 0.3) is 0 Å². The molecule has 0 bridgehead atoms. The van der Waals surface area contributed by atoms with Crippen molar-refractivity contribution in [2.45, 2.75) is 13.8 Å². The first-order chi connectivity index (χ1) is 7.13. The number of carbonyl (C=O) groups excluding carboxylic acids is 1. The summed E-state index contributed by atoms with van der Waals surface area (Å²) in [4.78, 5) is 16.4. The van der Waals surface area contributed by atoms with E-state index in [1.54, 1.807) is 24.0 Å². The lowest BCUT2D eigenvalue weighted by molar-refractivity contribution is -0.107. The van der Waals surface area contributed by atoms with E-state index in [1.165, 1.54) is 4.90 Å². The molecule has 0 atom stereocenters. The second kappa shape index (κ2) is 3.34. The quantitative estimate of drug-likeness (QED) is 0.684. The van der Waals surface area contributed by atoms with Crippen molar-refractivity contribution >= 4 is 17.7 Å². The van der Waals surface area contributed by atoms with Crippen molar-refractivity contribution in [2.75, 3.05) is 11.9 Å². The molecule has 0 fully saturated rings. The molecule has 5 heteroatoms. The molecule has 2 rings (SSSR count). The number of hydrogen-bond acceptors (Lipinski definition) is 3. The normalized spacial score (nSPS) is 10.6. The maximum absolute atomic E-state index is 10.6. The van der Waals surface area contributed by atoms with Crippen molar-refractivity contribution in [3.8, 4) is 0 Å². The van der Waals surface area contributed by atoms with E-state index in [1.807, 2.05) is 13.8 Å². The summed E-state index contributed by atoms with van der Waals surface area (Å²) in [5.41, 5.74) is 2.95. The highest BCUT2D eigenvalue weighted by Gasteiger charge is 2.08. The Morgan fingerprint density at radius 1 is 1.47 bits per heavy atom. The second-order valence-electron chi connectivity index (χ2n) is 3.52. The largest absolute Gasteiger partial charge is 0.301 e. The van der Waals surface area contributed by atoms with Gasteiger partial charge in [-0.1, -0.05) is 0 Å². The van der Waals surface area contributed by atoms with Crippen molar-refractivity contribution in [3.05, 3.63) is 23.7 Å². The Morgan fingerprint density at radius 2 is 2.20 bits per heavy atom. The molecule has 0 aliphatic rings. The predicted octanol–water partition coefficient (Wildman–Crippen LogP) is 0.939. The third-order valence-corrected chi connectivity index (χ3v) is 2.36. The predicted molar refractivity (Wildman–Crippen MR) is 56.9 cm³/mol. The first kappa shape index (κ1) is 9.64. The second-order valence-corrected chi connectivity index (χ2v) is 3.52. The monoisotopic (exact) mass is 204 g/mol. The fraction of sp³-hybridized carbons (Fsp3) is 0.300. The van der Waals surface area contributed by atoms with Crippen LogP contribution in [0.25, 0.3) is 5.52 Å². The lowest BCUT2D eigenvalue weighted by Gasteiger charge is -2.10. The number of carbonyl (C=O) groups is 1. The summed E-state index contributed by atoms with van der Waals surface area (Å²) in [5.74, 6) is 0.595. The lowest BCUT2D eigenvalue weighted by atomic mass is 10.3. The van der Waals surface area contributed by atoms with Crippen LogP contribution in [-0.4, -0.2) is 28.1 Å². The van der Waals surface area contributed by atoms with Gasteiger partial charge in [0.2, 0.25) is 6.41 Å². The first-order valence-electron chi connectivity index (χ1n) is 4.63. The van der Waals surface area contributed by atoms with Gasteiger partial charge >= 0.3 is 0 Å². The van der Waals surface area contributed by atoms with Crippen molar-refractivity contribution < 1.29 is 4.79 Å². The van der Waals surface area contributed by atoms with Gasteiger partial charge in [-0.2, -0.15) is 5.10 Å². The van der Waals surface area contributed by atoms with Crippen LogP contribution in [0.2, 0.25) is 0 Å². The summed E-state index contributed by atoms with van der Waals surface area (Å²) in [5, 5.41) is 4.19. The molecule has 5 nitrogen and oxygen atoms in total. The van der Waals surface area contributed by atoms with E-state index in [9.17, 15) is 4.79 Å². The third-order valence-electron chi connectivity index (χ3n) is 2.36. The average Bonchev–Trinajstić information content (AvgIpc) is 2.59. The van der Waals surface area contributed by atoms with Crippen LogP contribution >= 0.6 is 0 Å². The minimum absolute atomic E-state index is 0.595. The fourth-order valence-electron chi connectivity index (χ4n) is 1.58. The van der Waals surface area contributed by atoms with Crippen LogP contribution in [0.1, 0.15) is 11.3 Å². The molecule has 2 heterocycles. The van der Waals surface area contributed by atoms with Gasteiger partial charge in [0, 0.05) is 7.05 Å². The highest BCUT2D eigenvalue weighted by atomic mass is 16.1. The van der Waals surface area contributed by atoms with E-state index in [0.717, 1.165) is 23.2 Å². The summed E-state index contributed by atoms with van der Waals surface area (Å²) < 4.78 is 1.74. The van der Waals surface area contributed by atoms with Gasteiger partial charge in [0.05, 0.1) is 23.6 Å². The van der Waals surface area contributed by atoms with Crippen LogP contribution in [0, 0.1) is 13.8 Å². The van der Waals surface area contributed by atoms with Gasteiger partial charge in [0.1, 0.15) is 0 Å². The maximum Gasteiger partial charge on any atom is 0.215 e. The van der Waals surface area contributed by atoms with E-state index >= 15 is 0 Å². The molecule has 2 aromatic heterocycles. The molecular weight excluding hydrogens is 192 g/mol. The molecule has 0 radical (unpaired) electrons. The van der Waals surface area contributed by atoms with E-state index in [2.05, 4.69) is 10.1 Å². The van der Waals surface area contributed by atoms with Crippen LogP contribution in [0.3, 0.4) is 0 Å². The van der Waals surface area contributed by atoms with E-state index in [4.69, 9.17) is 0 Å². The highest BCUT2D eigenvalue weighted by Crippen LogP contribution is 2.16. The molecule has 0 unspecified atom stereocenters. The smallest absolute Gasteiger partial charge is 0.215 e. The number of aromatic nitrogens is 3. The van der Waals surface area contributed by atoms with Gasteiger partial charge in [-0.15, -0.1) is 0 Å². The summed E-state index contributed by atoms with van der Waals surface area (Å²) in [6.07, 6.45) is 4.25. The Morgan fingerprint density at radius 3 is 2.87 bits per heavy atom. The number of anilines is 1. The molecular formula is C10H12N4O. The molecule has 2 aromatic rings. The molecule has 78 valence electrons. The molecule has 0 spiro atoms. The van der Waals surface area contributed by atoms with Gasteiger partial charge < -0.3 is 4.90 Å². The van der Waals surface area contributed by atoms with Gasteiger partial charge in [-0.05, 0) is 19.4 Å². The van der Waals surface area contributed by atoms with Crippen molar-refractivity contribution in [3.63, 3.8) is 0 Å². The molecule has 0 saturated heterocycles. The van der Waals surface area contributed by atoms with Crippen LogP contribution in [0.15, 0.2) is 12.4 Å². The Labute approximate surface area is 87.3 Å². The number of rotatable bonds is 2. The lowest BCUT2D eigenvalue weighted by Crippen LogP contribution is -2.16. The molecule has 0 aromatic carbocycles. The zero-order valence-corrected chi connectivity index (χ0v) is 8.93. The minimum atomic E-state index is 0.595. The molecule has 15 heavy (non-hydrogen) atoms. The maximum atomic E-state index is 10.6. The topological polar surface area (TPSA) is 50.5 Å². The van der Waals surface area contributed by atoms with Gasteiger partial charge in [-0.25, -0.2) is 9.50 Å². The number of aryl methyl sites for hydroxylation is 2. The van der Waals surface area contributed by atoms with Crippen LogP contribution in [0.4, 0.5) is 5.82 Å². The molecule has 0 aliphatic carbocycles. The van der Waals surface area contributed by atoms with Crippen LogP contribution in [0.5, 0.6) is 0 Å². The number of nitrogens with zero attached hydrogens (tertiary/aromatic N) is 4. The fourth-order valence-corrected chi connectivity index (χ4v) is 1.58. The van der Waals surface area contributed by atoms with E-state index < -0.39 is 0 Å². The first-order valence-corrected chi connectivity index (χ1v) is 4.63. The van der Waals surface area contributed by atoms with Crippen molar-refractivity contribution in [1.29, 1.82) is 0 Å². The van der Waals surface area contributed by atoms with Gasteiger partial charge in [0.15, 0.2) is 5.82 Å². The standard InChI is InChI=1S/C10H12N4O/c1-7-4-11-14-5-9(13(3)6-15)12-8(2)10(7)14/h4-6H,1-3H3. The van der Waals surface area contributed by atoms with E-state index in [0.29, 0.717) is 5.82 Å². The SMILES string of the molecule is Cc1cnn2cc(N(C)C=O)nc(C)c12. The number of hydrogen-bond donors (Lipinski definition) is 0. The highest BCUT2D eigenvalue weighted by molar-refractivity contribution is 5.72. The Kier molecular flexibility index (Phi) is 2.15. The molecule has 1 amide bonds. The Bertz CT molecular complexity index is 517. The minimum Gasteiger partial charge on any atom is -0.301 e. The third kappa shape index (κ3) is 1.45. The van der Waals surface area contributed by atoms with Crippen molar-refractivity contribution in [2.24, 2.45) is 0 Å². The van der Waals surface area contributed by atoms with Crippen LogP contribution < -0.4 is 4.90 Å². The number of fused-ring (bicyclic) bond motifs is 1.